The molecule has 0 radical (unpaired) electrons. The third kappa shape index (κ3) is 4.69. The minimum Gasteiger partial charge on any atom is -0.497 e. The summed E-state index contributed by atoms with van der Waals surface area (Å²) in [5.41, 5.74) is 1.59. The predicted molar refractivity (Wildman–Crippen MR) is 113 cm³/mol. The molecule has 3 heterocycles. The minimum absolute atomic E-state index is 0.136. The fourth-order valence-electron chi connectivity index (χ4n) is 2.81. The average molecular weight is 421 g/mol. The number of nitrogens with one attached hydrogen (secondary N) is 1. The lowest BCUT2D eigenvalue weighted by atomic mass is 10.2. The zero-order chi connectivity index (χ0) is 20.8. The van der Waals surface area contributed by atoms with Crippen LogP contribution in [0.2, 0.25) is 0 Å². The number of ether oxygens (including phenoxy) is 1. The molecule has 0 bridgehead atoms. The van der Waals surface area contributed by atoms with Gasteiger partial charge in [-0.15, -0.1) is 10.2 Å². The van der Waals surface area contributed by atoms with Crippen LogP contribution in [-0.4, -0.2) is 38.5 Å². The Bertz CT molecular complexity index is 1100. The van der Waals surface area contributed by atoms with Crippen molar-refractivity contribution >= 4 is 23.4 Å². The van der Waals surface area contributed by atoms with Crippen molar-refractivity contribution in [3.05, 3.63) is 72.9 Å². The van der Waals surface area contributed by atoms with Crippen LogP contribution in [0.5, 0.6) is 5.75 Å². The molecule has 1 N–H and O–H groups in total. The third-order valence-corrected chi connectivity index (χ3v) is 5.22. The number of methoxy groups -OCH3 is 1. The summed E-state index contributed by atoms with van der Waals surface area (Å²) >= 11 is 1.31. The first-order valence-electron chi connectivity index (χ1n) is 9.15. The number of furan rings is 1. The first kappa shape index (κ1) is 19.7. The number of aromatic nitrogens is 4. The number of benzene rings is 1. The van der Waals surface area contributed by atoms with Gasteiger partial charge in [-0.3, -0.25) is 14.3 Å². The van der Waals surface area contributed by atoms with E-state index in [0.717, 1.165) is 17.1 Å². The standard InChI is InChI=1S/C21H19N5O3S/c1-28-17-6-4-16(5-7-17)23-19(27)14-30-21-25-24-20(15-8-10-22-11-9-15)26(21)13-18-3-2-12-29-18/h2-12H,13-14H2,1H3,(H,23,27). The van der Waals surface area contributed by atoms with Crippen molar-refractivity contribution in [1.82, 2.24) is 19.7 Å². The molecule has 8 nitrogen and oxygen atoms in total. The van der Waals surface area contributed by atoms with Crippen LogP contribution in [0.4, 0.5) is 5.69 Å². The molecule has 0 fully saturated rings. The lowest BCUT2D eigenvalue weighted by Crippen LogP contribution is -2.14. The average Bonchev–Trinajstić information content (AvgIpc) is 3.44. The largest absolute Gasteiger partial charge is 0.497 e. The van der Waals surface area contributed by atoms with Crippen molar-refractivity contribution < 1.29 is 13.9 Å². The summed E-state index contributed by atoms with van der Waals surface area (Å²) in [7, 11) is 1.60. The van der Waals surface area contributed by atoms with Gasteiger partial charge < -0.3 is 14.5 Å². The molecule has 9 heteroatoms. The summed E-state index contributed by atoms with van der Waals surface area (Å²) < 4.78 is 12.5. The number of anilines is 1. The van der Waals surface area contributed by atoms with E-state index in [1.807, 2.05) is 28.8 Å². The lowest BCUT2D eigenvalue weighted by Gasteiger charge is -2.09. The number of carbonyl (C=O) groups is 1. The van der Waals surface area contributed by atoms with Crippen LogP contribution in [0.25, 0.3) is 11.4 Å². The van der Waals surface area contributed by atoms with E-state index in [4.69, 9.17) is 9.15 Å². The van der Waals surface area contributed by atoms with Gasteiger partial charge in [0.1, 0.15) is 11.5 Å². The second kappa shape index (κ2) is 9.27. The monoisotopic (exact) mass is 421 g/mol. The molecule has 4 aromatic rings. The Morgan fingerprint density at radius 2 is 1.93 bits per heavy atom. The maximum Gasteiger partial charge on any atom is 0.234 e. The molecule has 0 atom stereocenters. The number of nitrogens with zero attached hydrogens (tertiary/aromatic N) is 4. The summed E-state index contributed by atoms with van der Waals surface area (Å²) in [5, 5.41) is 12.1. The Labute approximate surface area is 177 Å². The van der Waals surface area contributed by atoms with E-state index in [9.17, 15) is 4.79 Å². The molecule has 0 spiro atoms. The molecule has 0 unspecified atom stereocenters. The van der Waals surface area contributed by atoms with E-state index in [1.54, 1.807) is 50.0 Å². The number of pyridine rings is 1. The number of amides is 1. The molecular weight excluding hydrogens is 402 g/mol. The number of rotatable bonds is 8. The van der Waals surface area contributed by atoms with E-state index in [2.05, 4.69) is 20.5 Å². The number of thioether (sulfide) groups is 1. The van der Waals surface area contributed by atoms with Gasteiger partial charge in [-0.05, 0) is 48.5 Å². The minimum atomic E-state index is -0.136. The van der Waals surface area contributed by atoms with Crippen molar-refractivity contribution in [3.8, 4) is 17.1 Å². The predicted octanol–water partition coefficient (Wildman–Crippen LogP) is 3.72. The topological polar surface area (TPSA) is 95.1 Å². The van der Waals surface area contributed by atoms with Gasteiger partial charge in [-0.1, -0.05) is 11.8 Å². The first-order valence-corrected chi connectivity index (χ1v) is 10.1. The van der Waals surface area contributed by atoms with Crippen LogP contribution < -0.4 is 10.1 Å². The summed E-state index contributed by atoms with van der Waals surface area (Å²) in [6, 6.07) is 14.6. The zero-order valence-corrected chi connectivity index (χ0v) is 17.0. The van der Waals surface area contributed by atoms with Crippen LogP contribution >= 0.6 is 11.8 Å². The first-order chi connectivity index (χ1) is 14.7. The number of hydrogen-bond donors (Lipinski definition) is 1. The van der Waals surface area contributed by atoms with Crippen molar-refractivity contribution in [2.45, 2.75) is 11.7 Å². The van der Waals surface area contributed by atoms with Crippen LogP contribution in [0.1, 0.15) is 5.76 Å². The van der Waals surface area contributed by atoms with E-state index in [1.165, 1.54) is 11.8 Å². The van der Waals surface area contributed by atoms with Gasteiger partial charge in [-0.2, -0.15) is 0 Å². The molecule has 0 aliphatic heterocycles. The number of carbonyl (C=O) groups excluding carboxylic acids is 1. The highest BCUT2D eigenvalue weighted by atomic mass is 32.2. The molecule has 3 aromatic heterocycles. The lowest BCUT2D eigenvalue weighted by molar-refractivity contribution is -0.113. The van der Waals surface area contributed by atoms with Crippen molar-refractivity contribution in [1.29, 1.82) is 0 Å². The second-order valence-corrected chi connectivity index (χ2v) is 7.22. The molecule has 4 rings (SSSR count). The van der Waals surface area contributed by atoms with Gasteiger partial charge in [-0.25, -0.2) is 0 Å². The normalized spacial score (nSPS) is 10.7. The fraction of sp³-hybridized carbons (Fsp3) is 0.143. The Morgan fingerprint density at radius 1 is 1.13 bits per heavy atom. The maximum absolute atomic E-state index is 12.4. The molecule has 0 saturated heterocycles. The highest BCUT2D eigenvalue weighted by molar-refractivity contribution is 7.99. The summed E-state index contributed by atoms with van der Waals surface area (Å²) in [6.07, 6.45) is 5.04. The van der Waals surface area contributed by atoms with Crippen LogP contribution in [0, 0.1) is 0 Å². The van der Waals surface area contributed by atoms with Crippen LogP contribution in [0.3, 0.4) is 0 Å². The van der Waals surface area contributed by atoms with Crippen molar-refractivity contribution in [2.24, 2.45) is 0 Å². The van der Waals surface area contributed by atoms with E-state index >= 15 is 0 Å². The molecule has 0 aliphatic rings. The van der Waals surface area contributed by atoms with Gasteiger partial charge >= 0.3 is 0 Å². The smallest absolute Gasteiger partial charge is 0.234 e. The van der Waals surface area contributed by atoms with E-state index in [-0.39, 0.29) is 11.7 Å². The van der Waals surface area contributed by atoms with E-state index in [0.29, 0.717) is 23.2 Å². The van der Waals surface area contributed by atoms with Crippen molar-refractivity contribution in [3.63, 3.8) is 0 Å². The Hall–Kier alpha value is -3.59. The van der Waals surface area contributed by atoms with Crippen LogP contribution in [0.15, 0.2) is 76.8 Å². The quantitative estimate of drug-likeness (QED) is 0.433. The second-order valence-electron chi connectivity index (χ2n) is 6.27. The van der Waals surface area contributed by atoms with Gasteiger partial charge in [0.25, 0.3) is 0 Å². The van der Waals surface area contributed by atoms with Gasteiger partial charge in [0, 0.05) is 23.6 Å². The Balaban J connectivity index is 1.48. The molecule has 1 aromatic carbocycles. The number of hydrogen-bond acceptors (Lipinski definition) is 7. The Kier molecular flexibility index (Phi) is 6.09. The molecule has 152 valence electrons. The molecule has 1 amide bonds. The highest BCUT2D eigenvalue weighted by Crippen LogP contribution is 2.25. The maximum atomic E-state index is 12.4. The zero-order valence-electron chi connectivity index (χ0n) is 16.2. The third-order valence-electron chi connectivity index (χ3n) is 4.26. The SMILES string of the molecule is COc1ccc(NC(=O)CSc2nnc(-c3ccncc3)n2Cc2ccco2)cc1. The summed E-state index contributed by atoms with van der Waals surface area (Å²) in [5.74, 6) is 2.25. The molecule has 30 heavy (non-hydrogen) atoms. The van der Waals surface area contributed by atoms with Gasteiger partial charge in [0.05, 0.1) is 25.7 Å². The molecule has 0 aliphatic carbocycles. The van der Waals surface area contributed by atoms with Crippen LogP contribution in [-0.2, 0) is 11.3 Å². The van der Waals surface area contributed by atoms with Gasteiger partial charge in [0.15, 0.2) is 11.0 Å². The Morgan fingerprint density at radius 3 is 2.63 bits per heavy atom. The fourth-order valence-corrected chi connectivity index (χ4v) is 3.55. The summed E-state index contributed by atoms with van der Waals surface area (Å²) in [4.78, 5) is 16.4. The van der Waals surface area contributed by atoms with Crippen molar-refractivity contribution in [2.75, 3.05) is 18.2 Å². The van der Waals surface area contributed by atoms with Gasteiger partial charge in [0.2, 0.25) is 5.91 Å². The molecular formula is C21H19N5O3S. The highest BCUT2D eigenvalue weighted by Gasteiger charge is 2.17. The summed E-state index contributed by atoms with van der Waals surface area (Å²) in [6.45, 7) is 0.458. The van der Waals surface area contributed by atoms with E-state index < -0.39 is 0 Å². The molecule has 0 saturated carbocycles.